The van der Waals surface area contributed by atoms with E-state index in [2.05, 4.69) is 15.3 Å². The number of carbonyl (C=O) groups is 1. The summed E-state index contributed by atoms with van der Waals surface area (Å²) in [6.45, 7) is 0. The normalized spacial score (nSPS) is 19.2. The molecule has 6 heteroatoms. The van der Waals surface area contributed by atoms with Crippen LogP contribution in [0.1, 0.15) is 34.9 Å². The van der Waals surface area contributed by atoms with Crippen LogP contribution in [0.4, 0.5) is 0 Å². The van der Waals surface area contributed by atoms with Gasteiger partial charge in [0, 0.05) is 17.9 Å². The van der Waals surface area contributed by atoms with Crippen LogP contribution in [0.5, 0.6) is 11.6 Å². The molecule has 1 N–H and O–H groups in total. The van der Waals surface area contributed by atoms with Crippen molar-refractivity contribution in [1.29, 1.82) is 0 Å². The van der Waals surface area contributed by atoms with Gasteiger partial charge in [-0.1, -0.05) is 24.3 Å². The first-order valence-corrected chi connectivity index (χ1v) is 9.03. The van der Waals surface area contributed by atoms with Crippen molar-refractivity contribution in [2.24, 2.45) is 0 Å². The zero-order chi connectivity index (χ0) is 16.4. The van der Waals surface area contributed by atoms with Crippen LogP contribution in [0.3, 0.4) is 0 Å². The first-order valence-electron chi connectivity index (χ1n) is 7.98. The fourth-order valence-electron chi connectivity index (χ4n) is 2.45. The Hall–Kier alpha value is -2.34. The lowest BCUT2D eigenvalue weighted by Gasteiger charge is -2.13. The number of benzene rings is 1. The molecule has 1 saturated carbocycles. The zero-order valence-corrected chi connectivity index (χ0v) is 13.8. The SMILES string of the molecule is O=C(NC1C=CSC1)c1cnc(C2CC2)nc1Oc1ccccc1. The van der Waals surface area contributed by atoms with Gasteiger partial charge in [0.2, 0.25) is 5.88 Å². The fraction of sp³-hybridized carbons (Fsp3) is 0.278. The molecular formula is C18H17N3O2S. The minimum Gasteiger partial charge on any atom is -0.438 e. The summed E-state index contributed by atoms with van der Waals surface area (Å²) in [5.41, 5.74) is 0.369. The second-order valence-corrected chi connectivity index (χ2v) is 6.82. The van der Waals surface area contributed by atoms with E-state index in [9.17, 15) is 4.79 Å². The van der Waals surface area contributed by atoms with Crippen molar-refractivity contribution in [3.05, 3.63) is 59.4 Å². The smallest absolute Gasteiger partial charge is 0.258 e. The molecule has 0 saturated heterocycles. The van der Waals surface area contributed by atoms with E-state index < -0.39 is 0 Å². The van der Waals surface area contributed by atoms with E-state index in [0.29, 0.717) is 23.1 Å². The van der Waals surface area contributed by atoms with Gasteiger partial charge in [0.1, 0.15) is 17.1 Å². The van der Waals surface area contributed by atoms with Crippen molar-refractivity contribution in [2.75, 3.05) is 5.75 Å². The monoisotopic (exact) mass is 339 g/mol. The minimum absolute atomic E-state index is 0.0372. The molecule has 1 unspecified atom stereocenters. The molecule has 1 aliphatic heterocycles. The molecule has 5 nitrogen and oxygen atoms in total. The predicted octanol–water partition coefficient (Wildman–Crippen LogP) is 3.51. The lowest BCUT2D eigenvalue weighted by atomic mass is 10.2. The first kappa shape index (κ1) is 15.2. The van der Waals surface area contributed by atoms with Crippen LogP contribution in [0.2, 0.25) is 0 Å². The van der Waals surface area contributed by atoms with Gasteiger partial charge in [-0.15, -0.1) is 11.8 Å². The number of nitrogens with zero attached hydrogens (tertiary/aromatic N) is 2. The standard InChI is InChI=1S/C18H17N3O2S/c22-17(20-13-8-9-24-11-13)15-10-19-16(12-6-7-12)21-18(15)23-14-4-2-1-3-5-14/h1-5,8-10,12-13H,6-7,11H2,(H,20,22). The van der Waals surface area contributed by atoms with Crippen molar-refractivity contribution in [3.8, 4) is 11.6 Å². The van der Waals surface area contributed by atoms with Crippen LogP contribution in [-0.2, 0) is 0 Å². The van der Waals surface area contributed by atoms with Gasteiger partial charge in [0.15, 0.2) is 0 Å². The summed E-state index contributed by atoms with van der Waals surface area (Å²) in [6.07, 6.45) is 5.76. The summed E-state index contributed by atoms with van der Waals surface area (Å²) < 4.78 is 5.88. The minimum atomic E-state index is -0.208. The van der Waals surface area contributed by atoms with Gasteiger partial charge in [-0.25, -0.2) is 4.98 Å². The highest BCUT2D eigenvalue weighted by atomic mass is 32.2. The number of para-hydroxylation sites is 1. The van der Waals surface area contributed by atoms with Crippen molar-refractivity contribution in [3.63, 3.8) is 0 Å². The summed E-state index contributed by atoms with van der Waals surface area (Å²) in [7, 11) is 0. The van der Waals surface area contributed by atoms with E-state index in [0.717, 1.165) is 24.4 Å². The second kappa shape index (κ2) is 6.65. The molecule has 2 aromatic rings. The summed E-state index contributed by atoms with van der Waals surface area (Å²) in [5, 5.41) is 4.98. The molecule has 4 rings (SSSR count). The van der Waals surface area contributed by atoms with Gasteiger partial charge >= 0.3 is 0 Å². The molecule has 1 aromatic carbocycles. The number of hydrogen-bond acceptors (Lipinski definition) is 5. The second-order valence-electron chi connectivity index (χ2n) is 5.88. The first-order chi connectivity index (χ1) is 11.8. The quantitative estimate of drug-likeness (QED) is 0.903. The van der Waals surface area contributed by atoms with Crippen LogP contribution in [0, 0.1) is 0 Å². The molecule has 122 valence electrons. The van der Waals surface area contributed by atoms with Gasteiger partial charge < -0.3 is 10.1 Å². The third-order valence-corrected chi connectivity index (χ3v) is 4.82. The molecule has 0 spiro atoms. The maximum absolute atomic E-state index is 12.6. The fourth-order valence-corrected chi connectivity index (χ4v) is 3.27. The van der Waals surface area contributed by atoms with Crippen LogP contribution in [-0.4, -0.2) is 27.7 Å². The Morgan fingerprint density at radius 1 is 1.25 bits per heavy atom. The van der Waals surface area contributed by atoms with E-state index in [1.54, 1.807) is 18.0 Å². The maximum atomic E-state index is 12.6. The van der Waals surface area contributed by atoms with Crippen LogP contribution >= 0.6 is 11.8 Å². The summed E-state index contributed by atoms with van der Waals surface area (Å²) in [6, 6.07) is 9.42. The predicted molar refractivity (Wildman–Crippen MR) is 93.4 cm³/mol. The molecule has 2 aliphatic rings. The van der Waals surface area contributed by atoms with Gasteiger partial charge in [-0.3, -0.25) is 4.79 Å². The number of aromatic nitrogens is 2. The molecule has 2 heterocycles. The van der Waals surface area contributed by atoms with E-state index in [-0.39, 0.29) is 11.9 Å². The third-order valence-electron chi connectivity index (χ3n) is 3.92. The Kier molecular flexibility index (Phi) is 4.21. The Labute approximate surface area is 144 Å². The number of ether oxygens (including phenoxy) is 1. The van der Waals surface area contributed by atoms with Gasteiger partial charge in [0.05, 0.1) is 6.04 Å². The molecule has 1 aliphatic carbocycles. The Balaban J connectivity index is 1.61. The number of nitrogens with one attached hydrogen (secondary N) is 1. The molecule has 1 aromatic heterocycles. The van der Waals surface area contributed by atoms with Crippen LogP contribution in [0.25, 0.3) is 0 Å². The lowest BCUT2D eigenvalue weighted by Crippen LogP contribution is -2.34. The van der Waals surface area contributed by atoms with Crippen molar-refractivity contribution in [2.45, 2.75) is 24.8 Å². The average Bonchev–Trinajstić information content (AvgIpc) is 3.34. The Bertz CT molecular complexity index is 775. The largest absolute Gasteiger partial charge is 0.438 e. The molecule has 1 atom stereocenters. The summed E-state index contributed by atoms with van der Waals surface area (Å²) in [4.78, 5) is 21.5. The molecule has 0 bridgehead atoms. The number of carbonyl (C=O) groups excluding carboxylic acids is 1. The van der Waals surface area contributed by atoms with Gasteiger partial charge in [-0.2, -0.15) is 4.98 Å². The third kappa shape index (κ3) is 3.43. The van der Waals surface area contributed by atoms with E-state index >= 15 is 0 Å². The topological polar surface area (TPSA) is 64.1 Å². The van der Waals surface area contributed by atoms with E-state index in [1.165, 1.54) is 0 Å². The number of rotatable bonds is 5. The maximum Gasteiger partial charge on any atom is 0.258 e. The van der Waals surface area contributed by atoms with Crippen LogP contribution in [0.15, 0.2) is 48.0 Å². The van der Waals surface area contributed by atoms with Crippen molar-refractivity contribution in [1.82, 2.24) is 15.3 Å². The highest BCUT2D eigenvalue weighted by Crippen LogP contribution is 2.39. The Morgan fingerprint density at radius 3 is 2.79 bits per heavy atom. The molecule has 24 heavy (non-hydrogen) atoms. The number of thioether (sulfide) groups is 1. The Morgan fingerprint density at radius 2 is 2.08 bits per heavy atom. The summed E-state index contributed by atoms with van der Waals surface area (Å²) >= 11 is 1.68. The van der Waals surface area contributed by atoms with E-state index in [4.69, 9.17) is 4.74 Å². The van der Waals surface area contributed by atoms with Crippen molar-refractivity contribution >= 4 is 17.7 Å². The number of amides is 1. The number of hydrogen-bond donors (Lipinski definition) is 1. The zero-order valence-electron chi connectivity index (χ0n) is 13.0. The summed E-state index contributed by atoms with van der Waals surface area (Å²) in [5.74, 6) is 2.78. The van der Waals surface area contributed by atoms with Gasteiger partial charge in [-0.05, 0) is 30.4 Å². The van der Waals surface area contributed by atoms with Crippen molar-refractivity contribution < 1.29 is 9.53 Å². The lowest BCUT2D eigenvalue weighted by molar-refractivity contribution is 0.0944. The molecule has 1 amide bonds. The van der Waals surface area contributed by atoms with E-state index in [1.807, 2.05) is 41.8 Å². The highest BCUT2D eigenvalue weighted by molar-refractivity contribution is 8.02. The highest BCUT2D eigenvalue weighted by Gasteiger charge is 2.29. The molecule has 1 fully saturated rings. The van der Waals surface area contributed by atoms with Crippen LogP contribution < -0.4 is 10.1 Å². The molecular weight excluding hydrogens is 322 g/mol. The molecule has 0 radical (unpaired) electrons. The average molecular weight is 339 g/mol. The van der Waals surface area contributed by atoms with Gasteiger partial charge in [0.25, 0.3) is 5.91 Å².